The maximum atomic E-state index is 8.94. The number of nitrogens with zero attached hydrogens (tertiary/aromatic N) is 4. The fourth-order valence-electron chi connectivity index (χ4n) is 7.46. The molecule has 0 aliphatic heterocycles. The lowest BCUT2D eigenvalue weighted by Crippen LogP contribution is -2.01. The molecule has 0 atom stereocenters. The van der Waals surface area contributed by atoms with Crippen LogP contribution >= 0.6 is 11.3 Å². The fraction of sp³-hybridized carbons (Fsp3) is 0. The van der Waals surface area contributed by atoms with Gasteiger partial charge in [0, 0.05) is 58.9 Å². The fourth-order valence-corrected chi connectivity index (χ4v) is 8.71. The monoisotopic (exact) mass is 742 g/mol. The van der Waals surface area contributed by atoms with E-state index in [1.165, 1.54) is 11.3 Å². The molecule has 0 saturated carbocycles. The lowest BCUT2D eigenvalue weighted by atomic mass is 9.96. The second kappa shape index (κ2) is 13.3. The average molecular weight is 743 g/mol. The number of para-hydroxylation sites is 2. The van der Waals surface area contributed by atoms with Crippen LogP contribution in [0.3, 0.4) is 0 Å². The van der Waals surface area contributed by atoms with E-state index in [2.05, 4.69) is 41.0 Å². The standard InChI is InChI=1S/C51H32N4S/c1-4-15-33(16-5-1)38-30-43(34-17-6-2-7-18-34)48-44(31-38)42-28-27-37(32-47(42)56-48)51-53-49(35-19-8-3-9-20-35)52-50(54-51)36-21-14-22-39(29-36)55-45-25-12-10-23-40(45)41-24-11-13-26-46(41)55/h1-32H/i1D,2D,4D,5D,6D,7D,15D,16D,17D,18D. The van der Waals surface area contributed by atoms with E-state index < -0.39 is 60.4 Å². The molecule has 11 aromatic rings. The number of hydrogen-bond acceptors (Lipinski definition) is 4. The van der Waals surface area contributed by atoms with Crippen molar-refractivity contribution in [3.05, 3.63) is 194 Å². The van der Waals surface area contributed by atoms with E-state index >= 15 is 0 Å². The Morgan fingerprint density at radius 3 is 1.70 bits per heavy atom. The smallest absolute Gasteiger partial charge is 0.164 e. The molecule has 0 saturated heterocycles. The van der Waals surface area contributed by atoms with Crippen molar-refractivity contribution < 1.29 is 13.7 Å². The van der Waals surface area contributed by atoms with Crippen molar-refractivity contribution in [2.24, 2.45) is 0 Å². The summed E-state index contributed by atoms with van der Waals surface area (Å²) >= 11 is 1.34. The first-order valence-electron chi connectivity index (χ1n) is 23.0. The third kappa shape index (κ3) is 5.48. The first-order valence-corrected chi connectivity index (χ1v) is 18.8. The average Bonchev–Trinajstić information content (AvgIpc) is 3.90. The van der Waals surface area contributed by atoms with E-state index in [0.717, 1.165) is 48.7 Å². The summed E-state index contributed by atoms with van der Waals surface area (Å²) in [6.07, 6.45) is 0. The molecule has 0 N–H and O–H groups in total. The van der Waals surface area contributed by atoms with Gasteiger partial charge in [0.15, 0.2) is 17.5 Å². The number of aromatic nitrogens is 4. The Bertz CT molecular complexity index is 3740. The van der Waals surface area contributed by atoms with Gasteiger partial charge in [-0.05, 0) is 59.2 Å². The summed E-state index contributed by atoms with van der Waals surface area (Å²) in [4.78, 5) is 15.1. The van der Waals surface area contributed by atoms with Crippen molar-refractivity contribution in [1.29, 1.82) is 0 Å². The Balaban J connectivity index is 1.12. The highest BCUT2D eigenvalue weighted by molar-refractivity contribution is 7.26. The molecule has 56 heavy (non-hydrogen) atoms. The van der Waals surface area contributed by atoms with Crippen LogP contribution in [0.15, 0.2) is 194 Å². The quantitative estimate of drug-likeness (QED) is 0.170. The zero-order chi connectivity index (χ0) is 45.7. The normalized spacial score (nSPS) is 14.1. The maximum Gasteiger partial charge on any atom is 0.164 e. The van der Waals surface area contributed by atoms with E-state index in [9.17, 15) is 0 Å². The molecule has 0 bridgehead atoms. The Kier molecular flexibility index (Phi) is 5.58. The van der Waals surface area contributed by atoms with Crippen molar-refractivity contribution in [2.45, 2.75) is 0 Å². The summed E-state index contributed by atoms with van der Waals surface area (Å²) < 4.78 is 89.4. The van der Waals surface area contributed by atoms with Gasteiger partial charge >= 0.3 is 0 Å². The molecule has 0 aliphatic carbocycles. The largest absolute Gasteiger partial charge is 0.309 e. The molecule has 5 heteroatoms. The third-order valence-electron chi connectivity index (χ3n) is 10.00. The van der Waals surface area contributed by atoms with E-state index in [-0.39, 0.29) is 22.3 Å². The first-order chi connectivity index (χ1) is 31.9. The highest BCUT2D eigenvalue weighted by Crippen LogP contribution is 2.44. The number of fused-ring (bicyclic) bond motifs is 6. The molecule has 0 amide bonds. The minimum Gasteiger partial charge on any atom is -0.309 e. The molecule has 3 heterocycles. The Morgan fingerprint density at radius 1 is 0.411 bits per heavy atom. The second-order valence-electron chi connectivity index (χ2n) is 13.3. The van der Waals surface area contributed by atoms with Gasteiger partial charge in [-0.3, -0.25) is 0 Å². The van der Waals surface area contributed by atoms with Gasteiger partial charge in [0.05, 0.1) is 24.7 Å². The second-order valence-corrected chi connectivity index (χ2v) is 14.4. The minimum absolute atomic E-state index is 0.0651. The van der Waals surface area contributed by atoms with Crippen LogP contribution < -0.4 is 0 Å². The summed E-state index contributed by atoms with van der Waals surface area (Å²) in [7, 11) is 0. The van der Waals surface area contributed by atoms with Gasteiger partial charge in [-0.15, -0.1) is 11.3 Å². The lowest BCUT2D eigenvalue weighted by molar-refractivity contribution is 1.07. The number of rotatable bonds is 6. The molecule has 8 aromatic carbocycles. The lowest BCUT2D eigenvalue weighted by Gasteiger charge is -2.11. The summed E-state index contributed by atoms with van der Waals surface area (Å²) in [6, 6.07) is 38.6. The van der Waals surface area contributed by atoms with E-state index in [1.54, 1.807) is 12.1 Å². The van der Waals surface area contributed by atoms with Gasteiger partial charge in [0.1, 0.15) is 0 Å². The van der Waals surface area contributed by atoms with Gasteiger partial charge in [0.2, 0.25) is 0 Å². The molecular weight excluding hydrogens is 701 g/mol. The van der Waals surface area contributed by atoms with Crippen LogP contribution in [0, 0.1) is 0 Å². The van der Waals surface area contributed by atoms with Crippen LogP contribution in [0.2, 0.25) is 0 Å². The van der Waals surface area contributed by atoms with Crippen LogP contribution in [-0.4, -0.2) is 19.5 Å². The van der Waals surface area contributed by atoms with Crippen LogP contribution in [-0.2, 0) is 0 Å². The summed E-state index contributed by atoms with van der Waals surface area (Å²) in [5, 5.41) is 3.64. The zero-order valence-electron chi connectivity index (χ0n) is 39.4. The van der Waals surface area contributed by atoms with Crippen molar-refractivity contribution in [3.8, 4) is 62.1 Å². The van der Waals surface area contributed by atoms with Crippen molar-refractivity contribution >= 4 is 53.3 Å². The molecule has 0 fully saturated rings. The van der Waals surface area contributed by atoms with E-state index in [1.807, 2.05) is 84.9 Å². The van der Waals surface area contributed by atoms with Crippen LogP contribution in [0.25, 0.3) is 104 Å². The highest BCUT2D eigenvalue weighted by Gasteiger charge is 2.18. The molecule has 0 radical (unpaired) electrons. The molecule has 3 aromatic heterocycles. The number of hydrogen-bond donors (Lipinski definition) is 0. The Hall–Kier alpha value is -7.21. The molecular formula is C51H32N4S. The first kappa shape index (κ1) is 23.5. The van der Waals surface area contributed by atoms with Gasteiger partial charge < -0.3 is 4.57 Å². The SMILES string of the molecule is [2H]c1c([2H])c([2H])c(-c2cc(-c3c([2H])c([2H])c([2H])c([2H])c3[2H])c3sc4cc(-c5nc(-c6ccccc6)nc(-c6cccc(-n7c8ccccc8c8ccccc87)c6)n5)ccc4c3c2)c([2H])c1[2H]. The highest BCUT2D eigenvalue weighted by atomic mass is 32.1. The predicted molar refractivity (Wildman–Crippen MR) is 234 cm³/mol. The number of thiophene rings is 1. The Labute approximate surface area is 341 Å². The predicted octanol–water partition coefficient (Wildman–Crippen LogP) is 13.7. The third-order valence-corrected chi connectivity index (χ3v) is 11.2. The maximum absolute atomic E-state index is 8.94. The molecule has 0 spiro atoms. The minimum atomic E-state index is -0.544. The number of benzene rings is 8. The van der Waals surface area contributed by atoms with Crippen LogP contribution in [0.4, 0.5) is 0 Å². The van der Waals surface area contributed by atoms with Crippen molar-refractivity contribution in [2.75, 3.05) is 0 Å². The molecule has 11 rings (SSSR count). The van der Waals surface area contributed by atoms with Crippen molar-refractivity contribution in [3.63, 3.8) is 0 Å². The van der Waals surface area contributed by atoms with Crippen LogP contribution in [0.1, 0.15) is 13.7 Å². The zero-order valence-corrected chi connectivity index (χ0v) is 30.2. The van der Waals surface area contributed by atoms with Gasteiger partial charge in [-0.1, -0.05) is 151 Å². The summed E-state index contributed by atoms with van der Waals surface area (Å²) in [5.41, 5.74) is 5.71. The van der Waals surface area contributed by atoms with Crippen molar-refractivity contribution in [1.82, 2.24) is 19.5 Å². The van der Waals surface area contributed by atoms with Gasteiger partial charge in [0.25, 0.3) is 0 Å². The summed E-state index contributed by atoms with van der Waals surface area (Å²) in [6.45, 7) is 0. The molecule has 262 valence electrons. The molecule has 4 nitrogen and oxygen atoms in total. The van der Waals surface area contributed by atoms with Gasteiger partial charge in [-0.25, -0.2) is 15.0 Å². The van der Waals surface area contributed by atoms with E-state index in [0.29, 0.717) is 33.1 Å². The molecule has 0 unspecified atom stereocenters. The van der Waals surface area contributed by atoms with Crippen LogP contribution in [0.5, 0.6) is 0 Å². The summed E-state index contributed by atoms with van der Waals surface area (Å²) in [5.74, 6) is 1.34. The Morgan fingerprint density at radius 2 is 1.00 bits per heavy atom. The molecule has 0 aliphatic rings. The topological polar surface area (TPSA) is 43.6 Å². The van der Waals surface area contributed by atoms with Gasteiger partial charge in [-0.2, -0.15) is 0 Å². The van der Waals surface area contributed by atoms with E-state index in [4.69, 9.17) is 28.7 Å².